The van der Waals surface area contributed by atoms with E-state index < -0.39 is 5.91 Å². The van der Waals surface area contributed by atoms with Crippen LogP contribution in [0.5, 0.6) is 0 Å². The van der Waals surface area contributed by atoms with E-state index in [9.17, 15) is 4.79 Å². The summed E-state index contributed by atoms with van der Waals surface area (Å²) in [6, 6.07) is 3.16. The Balaban J connectivity index is 2.09. The van der Waals surface area contributed by atoms with Crippen molar-refractivity contribution in [1.29, 1.82) is 0 Å². The summed E-state index contributed by atoms with van der Waals surface area (Å²) in [6.45, 7) is 0. The van der Waals surface area contributed by atoms with E-state index in [4.69, 9.17) is 5.84 Å². The number of aromatic nitrogens is 5. The average molecular weight is 234 g/mol. The van der Waals surface area contributed by atoms with Gasteiger partial charge in [-0.05, 0) is 17.3 Å². The molecule has 0 radical (unpaired) electrons. The van der Waals surface area contributed by atoms with Gasteiger partial charge in [0.1, 0.15) is 5.69 Å². The number of carbonyl (C=O) groups is 1. The standard InChI is InChI=1S/C8H10N8O/c1-16-14-8(13-15-16)11-7(17)6-3-2-5(12-9)4-10-6/h2-4,12H,9H2,1H3,(H,11,14,17). The highest BCUT2D eigenvalue weighted by Crippen LogP contribution is 2.05. The number of nitrogens with two attached hydrogens (primary N) is 1. The van der Waals surface area contributed by atoms with Crippen LogP contribution in [0.1, 0.15) is 10.5 Å². The molecule has 88 valence electrons. The third-order valence-corrected chi connectivity index (χ3v) is 1.90. The number of hydrogen-bond donors (Lipinski definition) is 3. The lowest BCUT2D eigenvalue weighted by Gasteiger charge is -2.01. The first-order valence-corrected chi connectivity index (χ1v) is 4.67. The summed E-state index contributed by atoms with van der Waals surface area (Å²) in [5.74, 6) is 4.89. The van der Waals surface area contributed by atoms with E-state index in [1.165, 1.54) is 17.1 Å². The Bertz CT molecular complexity index is 519. The molecule has 17 heavy (non-hydrogen) atoms. The van der Waals surface area contributed by atoms with Gasteiger partial charge in [0.25, 0.3) is 11.9 Å². The summed E-state index contributed by atoms with van der Waals surface area (Å²) < 4.78 is 0. The van der Waals surface area contributed by atoms with Gasteiger partial charge in [0.05, 0.1) is 18.9 Å². The Labute approximate surface area is 96.0 Å². The molecule has 4 N–H and O–H groups in total. The summed E-state index contributed by atoms with van der Waals surface area (Å²) in [6.07, 6.45) is 1.44. The van der Waals surface area contributed by atoms with Gasteiger partial charge in [-0.2, -0.15) is 4.80 Å². The molecule has 0 aliphatic carbocycles. The summed E-state index contributed by atoms with van der Waals surface area (Å²) in [5.41, 5.74) is 3.26. The molecule has 0 bridgehead atoms. The van der Waals surface area contributed by atoms with Crippen molar-refractivity contribution in [2.45, 2.75) is 0 Å². The van der Waals surface area contributed by atoms with Crippen LogP contribution in [0, 0.1) is 0 Å². The topological polar surface area (TPSA) is 124 Å². The maximum absolute atomic E-state index is 11.7. The van der Waals surface area contributed by atoms with Gasteiger partial charge in [-0.3, -0.25) is 16.0 Å². The molecule has 0 aliphatic rings. The molecule has 2 rings (SSSR count). The second-order valence-corrected chi connectivity index (χ2v) is 3.13. The molecule has 0 atom stereocenters. The molecule has 1 amide bonds. The van der Waals surface area contributed by atoms with Crippen molar-refractivity contribution in [3.05, 3.63) is 24.0 Å². The molecular formula is C8H10N8O. The number of pyridine rings is 1. The molecule has 2 heterocycles. The van der Waals surface area contributed by atoms with Gasteiger partial charge >= 0.3 is 0 Å². The molecule has 0 spiro atoms. The number of hydrazine groups is 1. The lowest BCUT2D eigenvalue weighted by molar-refractivity contribution is 0.102. The first-order valence-electron chi connectivity index (χ1n) is 4.67. The number of aryl methyl sites for hydroxylation is 1. The van der Waals surface area contributed by atoms with Crippen molar-refractivity contribution in [3.63, 3.8) is 0 Å². The van der Waals surface area contributed by atoms with Gasteiger partial charge < -0.3 is 5.43 Å². The highest BCUT2D eigenvalue weighted by molar-refractivity contribution is 6.01. The highest BCUT2D eigenvalue weighted by Gasteiger charge is 2.10. The van der Waals surface area contributed by atoms with Crippen LogP contribution in [0.25, 0.3) is 0 Å². The molecule has 9 nitrogen and oxygen atoms in total. The predicted octanol–water partition coefficient (Wildman–Crippen LogP) is -0.857. The fourth-order valence-corrected chi connectivity index (χ4v) is 1.11. The van der Waals surface area contributed by atoms with E-state index in [1.54, 1.807) is 13.1 Å². The number of rotatable bonds is 3. The summed E-state index contributed by atoms with van der Waals surface area (Å²) >= 11 is 0. The van der Waals surface area contributed by atoms with Crippen molar-refractivity contribution in [2.75, 3.05) is 10.7 Å². The lowest BCUT2D eigenvalue weighted by atomic mass is 10.3. The van der Waals surface area contributed by atoms with E-state index in [1.807, 2.05) is 0 Å². The third kappa shape index (κ3) is 2.52. The quantitative estimate of drug-likeness (QED) is 0.466. The van der Waals surface area contributed by atoms with Crippen molar-refractivity contribution in [1.82, 2.24) is 25.2 Å². The first kappa shape index (κ1) is 11.0. The minimum Gasteiger partial charge on any atom is -0.323 e. The molecule has 9 heteroatoms. The number of nitrogens with one attached hydrogen (secondary N) is 2. The van der Waals surface area contributed by atoms with E-state index >= 15 is 0 Å². The molecule has 0 fully saturated rings. The van der Waals surface area contributed by atoms with Crippen molar-refractivity contribution >= 4 is 17.5 Å². The van der Waals surface area contributed by atoms with Crippen LogP contribution < -0.4 is 16.6 Å². The van der Waals surface area contributed by atoms with E-state index in [0.717, 1.165) is 0 Å². The Morgan fingerprint density at radius 2 is 2.29 bits per heavy atom. The number of carbonyl (C=O) groups excluding carboxylic acids is 1. The number of anilines is 2. The van der Waals surface area contributed by atoms with Crippen LogP contribution in [0.3, 0.4) is 0 Å². The third-order valence-electron chi connectivity index (χ3n) is 1.90. The van der Waals surface area contributed by atoms with Gasteiger partial charge in [-0.25, -0.2) is 4.98 Å². The van der Waals surface area contributed by atoms with E-state index in [2.05, 4.69) is 31.1 Å². The molecule has 0 saturated heterocycles. The Kier molecular flexibility index (Phi) is 2.92. The zero-order chi connectivity index (χ0) is 12.3. The normalized spacial score (nSPS) is 10.0. The Morgan fingerprint density at radius 3 is 2.82 bits per heavy atom. The molecule has 0 saturated carbocycles. The van der Waals surface area contributed by atoms with E-state index in [0.29, 0.717) is 5.69 Å². The number of tetrazole rings is 1. The number of hydrogen-bond acceptors (Lipinski definition) is 7. The van der Waals surface area contributed by atoms with Gasteiger partial charge in [-0.15, -0.1) is 5.10 Å². The number of amides is 1. The van der Waals surface area contributed by atoms with Gasteiger partial charge in [-0.1, -0.05) is 5.10 Å². The van der Waals surface area contributed by atoms with E-state index in [-0.39, 0.29) is 11.6 Å². The summed E-state index contributed by atoms with van der Waals surface area (Å²) in [4.78, 5) is 16.8. The molecular weight excluding hydrogens is 224 g/mol. The van der Waals surface area contributed by atoms with Gasteiger partial charge in [0.2, 0.25) is 0 Å². The molecule has 2 aromatic rings. The lowest BCUT2D eigenvalue weighted by Crippen LogP contribution is -2.15. The van der Waals surface area contributed by atoms with Crippen LogP contribution in [0.2, 0.25) is 0 Å². The minimum atomic E-state index is -0.415. The maximum atomic E-state index is 11.7. The monoisotopic (exact) mass is 234 g/mol. The molecule has 2 aromatic heterocycles. The first-order chi connectivity index (χ1) is 8.19. The van der Waals surface area contributed by atoms with Crippen LogP contribution in [0.4, 0.5) is 11.6 Å². The SMILES string of the molecule is Cn1nnc(NC(=O)c2ccc(NN)cn2)n1. The van der Waals surface area contributed by atoms with Crippen LogP contribution in [0.15, 0.2) is 18.3 Å². The highest BCUT2D eigenvalue weighted by atomic mass is 16.2. The fourth-order valence-electron chi connectivity index (χ4n) is 1.11. The predicted molar refractivity (Wildman–Crippen MR) is 58.8 cm³/mol. The second-order valence-electron chi connectivity index (χ2n) is 3.13. The van der Waals surface area contributed by atoms with Crippen LogP contribution in [-0.4, -0.2) is 31.1 Å². The zero-order valence-corrected chi connectivity index (χ0v) is 8.95. The minimum absolute atomic E-state index is 0.125. The van der Waals surface area contributed by atoms with Gasteiger partial charge in [0, 0.05) is 0 Å². The molecule has 0 aromatic carbocycles. The second kappa shape index (κ2) is 4.53. The van der Waals surface area contributed by atoms with Crippen LogP contribution in [-0.2, 0) is 7.05 Å². The number of nitrogens with zero attached hydrogens (tertiary/aromatic N) is 5. The maximum Gasteiger partial charge on any atom is 0.276 e. The number of nitrogen functional groups attached to an aromatic ring is 1. The Morgan fingerprint density at radius 1 is 1.47 bits per heavy atom. The largest absolute Gasteiger partial charge is 0.323 e. The summed E-state index contributed by atoms with van der Waals surface area (Å²) in [5, 5.41) is 13.5. The smallest absolute Gasteiger partial charge is 0.276 e. The van der Waals surface area contributed by atoms with Crippen molar-refractivity contribution < 1.29 is 4.79 Å². The zero-order valence-electron chi connectivity index (χ0n) is 8.95. The molecule has 0 unspecified atom stereocenters. The fraction of sp³-hybridized carbons (Fsp3) is 0.125. The van der Waals surface area contributed by atoms with Gasteiger partial charge in [0.15, 0.2) is 0 Å². The average Bonchev–Trinajstić information content (AvgIpc) is 2.75. The Hall–Kier alpha value is -2.55. The van der Waals surface area contributed by atoms with Crippen LogP contribution >= 0.6 is 0 Å². The van der Waals surface area contributed by atoms with Crippen molar-refractivity contribution in [2.24, 2.45) is 12.9 Å². The van der Waals surface area contributed by atoms with Crippen molar-refractivity contribution in [3.8, 4) is 0 Å². The summed E-state index contributed by atoms with van der Waals surface area (Å²) in [7, 11) is 1.60. The molecule has 0 aliphatic heterocycles.